The van der Waals surface area contributed by atoms with Gasteiger partial charge in [0, 0.05) is 5.56 Å². The first-order valence-electron chi connectivity index (χ1n) is 6.72. The minimum absolute atomic E-state index is 0.559. The van der Waals surface area contributed by atoms with Gasteiger partial charge in [0.1, 0.15) is 17.3 Å². The van der Waals surface area contributed by atoms with Crippen molar-refractivity contribution >= 4 is 11.6 Å². The standard InChI is InChI=1S/C18H15ClO2/c1-12-5-7-16(13(2)10-12)21-18-8-6-14(11-15(18)19)17-4-3-9-20-17/h3-11H,1-2H3. The molecule has 1 aromatic heterocycles. The number of hydrogen-bond acceptors (Lipinski definition) is 2. The first kappa shape index (κ1) is 13.8. The monoisotopic (exact) mass is 298 g/mol. The Morgan fingerprint density at radius 1 is 0.952 bits per heavy atom. The van der Waals surface area contributed by atoms with Gasteiger partial charge in [-0.05, 0) is 55.8 Å². The molecule has 3 heteroatoms. The maximum absolute atomic E-state index is 6.31. The molecule has 3 aromatic rings. The summed E-state index contributed by atoms with van der Waals surface area (Å²) >= 11 is 6.31. The Morgan fingerprint density at radius 2 is 1.76 bits per heavy atom. The summed E-state index contributed by atoms with van der Waals surface area (Å²) in [5.41, 5.74) is 3.22. The van der Waals surface area contributed by atoms with Crippen LogP contribution >= 0.6 is 11.6 Å². The molecule has 0 unspecified atom stereocenters. The molecule has 106 valence electrons. The Balaban J connectivity index is 1.89. The Labute approximate surface area is 128 Å². The highest BCUT2D eigenvalue weighted by molar-refractivity contribution is 6.32. The highest BCUT2D eigenvalue weighted by Gasteiger charge is 2.09. The smallest absolute Gasteiger partial charge is 0.146 e. The number of ether oxygens (including phenoxy) is 1. The average molecular weight is 299 g/mol. The van der Waals surface area contributed by atoms with Gasteiger partial charge in [-0.1, -0.05) is 29.3 Å². The average Bonchev–Trinajstić information content (AvgIpc) is 2.98. The van der Waals surface area contributed by atoms with Gasteiger partial charge in [0.05, 0.1) is 11.3 Å². The van der Waals surface area contributed by atoms with E-state index in [0.717, 1.165) is 22.6 Å². The summed E-state index contributed by atoms with van der Waals surface area (Å²) in [6, 6.07) is 15.5. The minimum atomic E-state index is 0.559. The second-order valence-electron chi connectivity index (χ2n) is 4.99. The van der Waals surface area contributed by atoms with Crippen LogP contribution in [-0.4, -0.2) is 0 Å². The van der Waals surface area contributed by atoms with Crippen LogP contribution in [0.5, 0.6) is 11.5 Å². The molecule has 0 radical (unpaired) electrons. The van der Waals surface area contributed by atoms with Crippen LogP contribution in [0, 0.1) is 13.8 Å². The molecule has 0 fully saturated rings. The lowest BCUT2D eigenvalue weighted by Gasteiger charge is -2.11. The first-order chi connectivity index (χ1) is 10.1. The van der Waals surface area contributed by atoms with Gasteiger partial charge >= 0.3 is 0 Å². The predicted molar refractivity (Wildman–Crippen MR) is 85.1 cm³/mol. The largest absolute Gasteiger partial charge is 0.464 e. The van der Waals surface area contributed by atoms with Gasteiger partial charge in [0.15, 0.2) is 0 Å². The molecule has 2 aromatic carbocycles. The van der Waals surface area contributed by atoms with E-state index in [9.17, 15) is 0 Å². The van der Waals surface area contributed by atoms with Crippen molar-refractivity contribution in [3.05, 3.63) is 70.9 Å². The van der Waals surface area contributed by atoms with Gasteiger partial charge in [-0.3, -0.25) is 0 Å². The van der Waals surface area contributed by atoms with E-state index in [0.29, 0.717) is 10.8 Å². The molecular weight excluding hydrogens is 284 g/mol. The second-order valence-corrected chi connectivity index (χ2v) is 5.40. The zero-order valence-corrected chi connectivity index (χ0v) is 12.6. The van der Waals surface area contributed by atoms with Crippen LogP contribution in [0.15, 0.2) is 59.2 Å². The fourth-order valence-corrected chi connectivity index (χ4v) is 2.43. The zero-order valence-electron chi connectivity index (χ0n) is 11.9. The van der Waals surface area contributed by atoms with E-state index in [-0.39, 0.29) is 0 Å². The number of rotatable bonds is 3. The van der Waals surface area contributed by atoms with Crippen molar-refractivity contribution in [3.63, 3.8) is 0 Å². The molecular formula is C18H15ClO2. The van der Waals surface area contributed by atoms with Gasteiger partial charge in [0.25, 0.3) is 0 Å². The molecule has 0 amide bonds. The Hall–Kier alpha value is -2.19. The summed E-state index contributed by atoms with van der Waals surface area (Å²) < 4.78 is 11.3. The van der Waals surface area contributed by atoms with Crippen molar-refractivity contribution in [2.24, 2.45) is 0 Å². The maximum Gasteiger partial charge on any atom is 0.146 e. The van der Waals surface area contributed by atoms with Crippen molar-refractivity contribution < 1.29 is 9.15 Å². The van der Waals surface area contributed by atoms with Crippen molar-refractivity contribution in [1.82, 2.24) is 0 Å². The summed E-state index contributed by atoms with van der Waals surface area (Å²) in [7, 11) is 0. The summed E-state index contributed by atoms with van der Waals surface area (Å²) in [4.78, 5) is 0. The van der Waals surface area contributed by atoms with Crippen molar-refractivity contribution in [1.29, 1.82) is 0 Å². The Bertz CT molecular complexity index is 761. The molecule has 0 aliphatic rings. The number of benzene rings is 2. The number of hydrogen-bond donors (Lipinski definition) is 0. The van der Waals surface area contributed by atoms with Crippen LogP contribution in [0.2, 0.25) is 5.02 Å². The lowest BCUT2D eigenvalue weighted by Crippen LogP contribution is -1.89. The third kappa shape index (κ3) is 2.96. The van der Waals surface area contributed by atoms with E-state index < -0.39 is 0 Å². The molecule has 0 spiro atoms. The van der Waals surface area contributed by atoms with E-state index >= 15 is 0 Å². The van der Waals surface area contributed by atoms with E-state index in [1.54, 1.807) is 6.26 Å². The van der Waals surface area contributed by atoms with Gasteiger partial charge in [-0.15, -0.1) is 0 Å². The first-order valence-corrected chi connectivity index (χ1v) is 7.10. The Morgan fingerprint density at radius 3 is 2.43 bits per heavy atom. The summed E-state index contributed by atoms with van der Waals surface area (Å²) in [6.07, 6.45) is 1.64. The molecule has 21 heavy (non-hydrogen) atoms. The van der Waals surface area contributed by atoms with Gasteiger partial charge in [-0.25, -0.2) is 0 Å². The molecule has 0 N–H and O–H groups in total. The SMILES string of the molecule is Cc1ccc(Oc2ccc(-c3ccco3)cc2Cl)c(C)c1. The third-order valence-corrected chi connectivity index (χ3v) is 3.58. The third-order valence-electron chi connectivity index (χ3n) is 3.29. The van der Waals surface area contributed by atoms with Crippen LogP contribution < -0.4 is 4.74 Å². The summed E-state index contributed by atoms with van der Waals surface area (Å²) in [5.74, 6) is 2.24. The van der Waals surface area contributed by atoms with Gasteiger partial charge in [0.2, 0.25) is 0 Å². The van der Waals surface area contributed by atoms with E-state index in [2.05, 4.69) is 13.0 Å². The minimum Gasteiger partial charge on any atom is -0.464 e. The fraction of sp³-hybridized carbons (Fsp3) is 0.111. The lowest BCUT2D eigenvalue weighted by atomic mass is 10.1. The summed E-state index contributed by atoms with van der Waals surface area (Å²) in [5, 5.41) is 0.559. The van der Waals surface area contributed by atoms with Crippen molar-refractivity contribution in [3.8, 4) is 22.8 Å². The number of furan rings is 1. The number of halogens is 1. The zero-order chi connectivity index (χ0) is 14.8. The molecule has 0 saturated carbocycles. The molecule has 0 aliphatic carbocycles. The highest BCUT2D eigenvalue weighted by Crippen LogP contribution is 2.34. The van der Waals surface area contributed by atoms with Crippen LogP contribution in [0.4, 0.5) is 0 Å². The van der Waals surface area contributed by atoms with Crippen LogP contribution in [0.3, 0.4) is 0 Å². The van der Waals surface area contributed by atoms with Crippen molar-refractivity contribution in [2.75, 3.05) is 0 Å². The van der Waals surface area contributed by atoms with E-state index in [4.69, 9.17) is 20.8 Å². The molecule has 2 nitrogen and oxygen atoms in total. The molecule has 0 aliphatic heterocycles. The summed E-state index contributed by atoms with van der Waals surface area (Å²) in [6.45, 7) is 4.08. The van der Waals surface area contributed by atoms with E-state index in [1.807, 2.05) is 49.4 Å². The van der Waals surface area contributed by atoms with Crippen molar-refractivity contribution in [2.45, 2.75) is 13.8 Å². The molecule has 0 atom stereocenters. The fourth-order valence-electron chi connectivity index (χ4n) is 2.21. The van der Waals surface area contributed by atoms with Gasteiger partial charge < -0.3 is 9.15 Å². The van der Waals surface area contributed by atoms with Crippen LogP contribution in [-0.2, 0) is 0 Å². The second kappa shape index (κ2) is 5.66. The highest BCUT2D eigenvalue weighted by atomic mass is 35.5. The predicted octanol–water partition coefficient (Wildman–Crippen LogP) is 6.01. The molecule has 0 bridgehead atoms. The Kier molecular flexibility index (Phi) is 3.72. The van der Waals surface area contributed by atoms with Gasteiger partial charge in [-0.2, -0.15) is 0 Å². The molecule has 1 heterocycles. The number of aryl methyl sites for hydroxylation is 2. The normalized spacial score (nSPS) is 10.6. The maximum atomic E-state index is 6.31. The molecule has 0 saturated heterocycles. The van der Waals surface area contributed by atoms with Crippen LogP contribution in [0.25, 0.3) is 11.3 Å². The van der Waals surface area contributed by atoms with E-state index in [1.165, 1.54) is 5.56 Å². The topological polar surface area (TPSA) is 22.4 Å². The van der Waals surface area contributed by atoms with Crippen LogP contribution in [0.1, 0.15) is 11.1 Å². The quantitative estimate of drug-likeness (QED) is 0.591. The molecule has 3 rings (SSSR count). The lowest BCUT2D eigenvalue weighted by molar-refractivity contribution is 0.479.